The largest absolute Gasteiger partial charge is 0.324 e. The Morgan fingerprint density at radius 1 is 1.55 bits per heavy atom. The third kappa shape index (κ3) is 2.46. The Balaban J connectivity index is 2.42. The van der Waals surface area contributed by atoms with Gasteiger partial charge in [-0.05, 0) is 32.4 Å². The van der Waals surface area contributed by atoms with Crippen LogP contribution in [0.4, 0.5) is 0 Å². The van der Waals surface area contributed by atoms with E-state index in [1.165, 1.54) is 13.0 Å². The number of hydrogen-bond donors (Lipinski definition) is 1. The summed E-state index contributed by atoms with van der Waals surface area (Å²) in [6, 6.07) is 0. The maximum Gasteiger partial charge on any atom is 0.0297 e. The van der Waals surface area contributed by atoms with Crippen LogP contribution in [-0.2, 0) is 0 Å². The fourth-order valence-corrected chi connectivity index (χ4v) is 2.09. The zero-order chi connectivity index (χ0) is 8.48. The Bertz CT molecular complexity index is 134. The average molecular weight is 156 g/mol. The second-order valence-electron chi connectivity index (χ2n) is 4.45. The lowest BCUT2D eigenvalue weighted by molar-refractivity contribution is 0.324. The highest BCUT2D eigenvalue weighted by molar-refractivity contribution is 4.93. The van der Waals surface area contributed by atoms with Crippen LogP contribution in [0.15, 0.2) is 0 Å². The molecule has 1 aliphatic heterocycles. The van der Waals surface area contributed by atoms with Crippen LogP contribution in [0.2, 0.25) is 0 Å². The van der Waals surface area contributed by atoms with Crippen LogP contribution < -0.4 is 5.73 Å². The fourth-order valence-electron chi connectivity index (χ4n) is 2.09. The number of nitrogens with two attached hydrogens (primary N) is 1. The molecule has 2 heteroatoms. The molecule has 66 valence electrons. The van der Waals surface area contributed by atoms with Crippen molar-refractivity contribution in [2.75, 3.05) is 20.1 Å². The van der Waals surface area contributed by atoms with Gasteiger partial charge in [0.1, 0.15) is 0 Å². The van der Waals surface area contributed by atoms with Gasteiger partial charge in [-0.3, -0.25) is 0 Å². The van der Waals surface area contributed by atoms with Gasteiger partial charge in [-0.25, -0.2) is 0 Å². The van der Waals surface area contributed by atoms with Gasteiger partial charge in [-0.15, -0.1) is 0 Å². The molecule has 0 saturated carbocycles. The standard InChI is InChI=1S/C9H20N2/c1-8(2)6-9(10)4-5-11(3)7-9/h8H,4-7,10H2,1-3H3. The molecular weight excluding hydrogens is 136 g/mol. The third-order valence-electron chi connectivity index (χ3n) is 2.39. The van der Waals surface area contributed by atoms with Crippen molar-refractivity contribution in [3.05, 3.63) is 0 Å². The summed E-state index contributed by atoms with van der Waals surface area (Å²) in [4.78, 5) is 2.32. The van der Waals surface area contributed by atoms with Crippen molar-refractivity contribution < 1.29 is 0 Å². The maximum absolute atomic E-state index is 6.21. The number of nitrogens with zero attached hydrogens (tertiary/aromatic N) is 1. The predicted molar refractivity (Wildman–Crippen MR) is 48.5 cm³/mol. The first-order valence-corrected chi connectivity index (χ1v) is 4.49. The molecule has 1 aliphatic rings. The minimum absolute atomic E-state index is 0.114. The molecule has 2 N–H and O–H groups in total. The number of hydrogen-bond acceptors (Lipinski definition) is 2. The summed E-state index contributed by atoms with van der Waals surface area (Å²) in [6.07, 6.45) is 2.33. The van der Waals surface area contributed by atoms with Crippen molar-refractivity contribution in [3.8, 4) is 0 Å². The summed E-state index contributed by atoms with van der Waals surface area (Å²) in [7, 11) is 2.15. The molecule has 11 heavy (non-hydrogen) atoms. The molecule has 1 rings (SSSR count). The highest BCUT2D eigenvalue weighted by atomic mass is 15.2. The number of rotatable bonds is 2. The third-order valence-corrected chi connectivity index (χ3v) is 2.39. The van der Waals surface area contributed by atoms with Gasteiger partial charge in [0.15, 0.2) is 0 Å². The van der Waals surface area contributed by atoms with Crippen LogP contribution >= 0.6 is 0 Å². The maximum atomic E-state index is 6.21. The highest BCUT2D eigenvalue weighted by Gasteiger charge is 2.32. The Hall–Kier alpha value is -0.0800. The van der Waals surface area contributed by atoms with E-state index in [-0.39, 0.29) is 5.54 Å². The van der Waals surface area contributed by atoms with Gasteiger partial charge in [-0.1, -0.05) is 13.8 Å². The molecule has 1 heterocycles. The second kappa shape index (κ2) is 3.11. The highest BCUT2D eigenvalue weighted by Crippen LogP contribution is 2.24. The summed E-state index contributed by atoms with van der Waals surface area (Å²) in [5.41, 5.74) is 6.32. The lowest BCUT2D eigenvalue weighted by Gasteiger charge is -2.25. The molecule has 0 aliphatic carbocycles. The van der Waals surface area contributed by atoms with Crippen LogP contribution in [0.3, 0.4) is 0 Å². The van der Waals surface area contributed by atoms with Crippen LogP contribution in [0.1, 0.15) is 26.7 Å². The molecular formula is C9H20N2. The van der Waals surface area contributed by atoms with Crippen molar-refractivity contribution in [1.82, 2.24) is 4.90 Å². The minimum Gasteiger partial charge on any atom is -0.324 e. The fraction of sp³-hybridized carbons (Fsp3) is 1.00. The molecule has 0 radical (unpaired) electrons. The molecule has 1 atom stereocenters. The van der Waals surface area contributed by atoms with Gasteiger partial charge in [0, 0.05) is 12.1 Å². The Morgan fingerprint density at radius 3 is 2.55 bits per heavy atom. The first kappa shape index (κ1) is 9.01. The minimum atomic E-state index is 0.114. The van der Waals surface area contributed by atoms with Crippen LogP contribution in [0, 0.1) is 5.92 Å². The van der Waals surface area contributed by atoms with Crippen LogP contribution in [0.25, 0.3) is 0 Å². The van der Waals surface area contributed by atoms with E-state index in [1.807, 2.05) is 0 Å². The SMILES string of the molecule is CC(C)CC1(N)CCN(C)C1. The molecule has 2 nitrogen and oxygen atoms in total. The van der Waals surface area contributed by atoms with Crippen molar-refractivity contribution in [1.29, 1.82) is 0 Å². The zero-order valence-corrected chi connectivity index (χ0v) is 7.93. The Kier molecular flexibility index (Phi) is 2.55. The molecule has 0 spiro atoms. The van der Waals surface area contributed by atoms with E-state index in [1.54, 1.807) is 0 Å². The molecule has 1 unspecified atom stereocenters. The van der Waals surface area contributed by atoms with E-state index in [2.05, 4.69) is 25.8 Å². The van der Waals surface area contributed by atoms with Gasteiger partial charge in [0.05, 0.1) is 0 Å². The predicted octanol–water partition coefficient (Wildman–Crippen LogP) is 1.07. The summed E-state index contributed by atoms with van der Waals surface area (Å²) in [5, 5.41) is 0. The topological polar surface area (TPSA) is 29.3 Å². The molecule has 1 saturated heterocycles. The average Bonchev–Trinajstić information content (AvgIpc) is 2.08. The summed E-state index contributed by atoms with van der Waals surface area (Å²) in [5.74, 6) is 0.728. The summed E-state index contributed by atoms with van der Waals surface area (Å²) < 4.78 is 0. The molecule has 0 amide bonds. The lowest BCUT2D eigenvalue weighted by atomic mass is 9.89. The first-order valence-electron chi connectivity index (χ1n) is 4.49. The van der Waals surface area contributed by atoms with E-state index in [0.717, 1.165) is 18.9 Å². The molecule has 0 aromatic rings. The van der Waals surface area contributed by atoms with E-state index < -0.39 is 0 Å². The number of likely N-dealkylation sites (tertiary alicyclic amines) is 1. The van der Waals surface area contributed by atoms with Crippen LogP contribution in [0.5, 0.6) is 0 Å². The van der Waals surface area contributed by atoms with Crippen molar-refractivity contribution >= 4 is 0 Å². The lowest BCUT2D eigenvalue weighted by Crippen LogP contribution is -2.43. The van der Waals surface area contributed by atoms with Gasteiger partial charge < -0.3 is 10.6 Å². The normalized spacial score (nSPS) is 33.5. The van der Waals surface area contributed by atoms with Gasteiger partial charge >= 0.3 is 0 Å². The quantitative estimate of drug-likeness (QED) is 0.648. The van der Waals surface area contributed by atoms with Crippen molar-refractivity contribution in [3.63, 3.8) is 0 Å². The smallest absolute Gasteiger partial charge is 0.0297 e. The molecule has 0 aromatic heterocycles. The second-order valence-corrected chi connectivity index (χ2v) is 4.45. The Labute approximate surface area is 69.8 Å². The molecule has 1 fully saturated rings. The molecule has 0 bridgehead atoms. The van der Waals surface area contributed by atoms with Crippen molar-refractivity contribution in [2.24, 2.45) is 11.7 Å². The van der Waals surface area contributed by atoms with Gasteiger partial charge in [0.25, 0.3) is 0 Å². The van der Waals surface area contributed by atoms with E-state index in [4.69, 9.17) is 5.73 Å². The van der Waals surface area contributed by atoms with Gasteiger partial charge in [0.2, 0.25) is 0 Å². The van der Waals surface area contributed by atoms with Gasteiger partial charge in [-0.2, -0.15) is 0 Å². The summed E-state index contributed by atoms with van der Waals surface area (Å²) in [6.45, 7) is 6.73. The summed E-state index contributed by atoms with van der Waals surface area (Å²) >= 11 is 0. The van der Waals surface area contributed by atoms with E-state index in [0.29, 0.717) is 0 Å². The monoisotopic (exact) mass is 156 g/mol. The Morgan fingerprint density at radius 2 is 2.18 bits per heavy atom. The van der Waals surface area contributed by atoms with Crippen LogP contribution in [-0.4, -0.2) is 30.6 Å². The first-order chi connectivity index (χ1) is 5.02. The van der Waals surface area contributed by atoms with E-state index in [9.17, 15) is 0 Å². The molecule has 0 aromatic carbocycles. The van der Waals surface area contributed by atoms with E-state index >= 15 is 0 Å². The number of likely N-dealkylation sites (N-methyl/N-ethyl adjacent to an activating group) is 1. The van der Waals surface area contributed by atoms with Crippen molar-refractivity contribution in [2.45, 2.75) is 32.2 Å². The zero-order valence-electron chi connectivity index (χ0n) is 7.93.